The van der Waals surface area contributed by atoms with Crippen molar-refractivity contribution in [2.75, 3.05) is 0 Å². The molecule has 0 aliphatic carbocycles. The molecule has 0 N–H and O–H groups in total. The predicted molar refractivity (Wildman–Crippen MR) is 89.1 cm³/mol. The van der Waals surface area contributed by atoms with E-state index in [0.717, 1.165) is 21.8 Å². The van der Waals surface area contributed by atoms with Crippen molar-refractivity contribution < 1.29 is 0 Å². The van der Waals surface area contributed by atoms with Gasteiger partial charge in [-0.2, -0.15) is 0 Å². The number of rotatable bonds is 3. The summed E-state index contributed by atoms with van der Waals surface area (Å²) in [4.78, 5) is 5.36. The van der Waals surface area contributed by atoms with Crippen LogP contribution in [0.5, 0.6) is 0 Å². The van der Waals surface area contributed by atoms with Crippen LogP contribution in [-0.4, -0.2) is 15.8 Å². The summed E-state index contributed by atoms with van der Waals surface area (Å²) in [5, 5.41) is 5.10. The zero-order chi connectivity index (χ0) is 14.7. The van der Waals surface area contributed by atoms with Crippen LogP contribution in [0.25, 0.3) is 10.4 Å². The molecule has 0 aliphatic heterocycles. The summed E-state index contributed by atoms with van der Waals surface area (Å²) >= 11 is 13.2. The molecule has 1 aromatic heterocycles. The van der Waals surface area contributed by atoms with Gasteiger partial charge in [0.2, 0.25) is 0 Å². The van der Waals surface area contributed by atoms with Crippen LogP contribution in [0.2, 0.25) is 10.0 Å². The van der Waals surface area contributed by atoms with Crippen molar-refractivity contribution in [3.8, 4) is 10.4 Å². The number of aliphatic imine (C=N–C) groups is 1. The van der Waals surface area contributed by atoms with E-state index in [-0.39, 0.29) is 0 Å². The van der Waals surface area contributed by atoms with Gasteiger partial charge in [-0.05, 0) is 35.3 Å². The highest BCUT2D eigenvalue weighted by molar-refractivity contribution is 7.09. The molecule has 0 amide bonds. The molecule has 3 rings (SSSR count). The van der Waals surface area contributed by atoms with Gasteiger partial charge >= 0.3 is 0 Å². The van der Waals surface area contributed by atoms with Gasteiger partial charge in [0, 0.05) is 0 Å². The normalized spacial score (nSPS) is 11.1. The Hall–Kier alpha value is -1.75. The van der Waals surface area contributed by atoms with E-state index in [9.17, 15) is 0 Å². The number of nitrogens with zero attached hydrogens (tertiary/aromatic N) is 3. The first-order chi connectivity index (χ1) is 10.2. The number of aromatic nitrogens is 2. The molecule has 0 saturated heterocycles. The van der Waals surface area contributed by atoms with Crippen LogP contribution < -0.4 is 0 Å². The standard InChI is InChI=1S/C15H9Cl2N3S/c16-12-7-6-11(8-13(12)17)18-9-14-15(21-20-19-14)10-4-2-1-3-5-10/h1-9H. The molecule has 0 fully saturated rings. The monoisotopic (exact) mass is 333 g/mol. The van der Waals surface area contributed by atoms with Crippen LogP contribution in [0.4, 0.5) is 5.69 Å². The van der Waals surface area contributed by atoms with Crippen molar-refractivity contribution in [3.05, 3.63) is 64.3 Å². The molecule has 0 atom stereocenters. The molecule has 0 bridgehead atoms. The van der Waals surface area contributed by atoms with Gasteiger partial charge in [-0.1, -0.05) is 58.0 Å². The van der Waals surface area contributed by atoms with Crippen LogP contribution in [0, 0.1) is 0 Å². The van der Waals surface area contributed by atoms with Crippen molar-refractivity contribution in [3.63, 3.8) is 0 Å². The molecule has 0 unspecified atom stereocenters. The fourth-order valence-corrected chi connectivity index (χ4v) is 2.70. The number of benzene rings is 2. The van der Waals surface area contributed by atoms with Crippen LogP contribution in [0.3, 0.4) is 0 Å². The third kappa shape index (κ3) is 3.29. The van der Waals surface area contributed by atoms with E-state index in [0.29, 0.717) is 10.0 Å². The third-order valence-corrected chi connectivity index (χ3v) is 4.32. The second-order valence-electron chi connectivity index (χ2n) is 4.21. The van der Waals surface area contributed by atoms with Crippen molar-refractivity contribution in [2.24, 2.45) is 4.99 Å². The molecule has 0 spiro atoms. The van der Waals surface area contributed by atoms with Crippen molar-refractivity contribution in [1.29, 1.82) is 0 Å². The Labute approximate surface area is 136 Å². The second kappa shape index (κ2) is 6.35. The van der Waals surface area contributed by atoms with Crippen molar-refractivity contribution in [2.45, 2.75) is 0 Å². The lowest BCUT2D eigenvalue weighted by Gasteiger charge is -1.98. The highest BCUT2D eigenvalue weighted by Crippen LogP contribution is 2.28. The lowest BCUT2D eigenvalue weighted by Crippen LogP contribution is -1.85. The lowest BCUT2D eigenvalue weighted by atomic mass is 10.2. The first kappa shape index (κ1) is 14.2. The predicted octanol–water partition coefficient (Wildman–Crippen LogP) is 5.26. The molecule has 0 radical (unpaired) electrons. The largest absolute Gasteiger partial charge is 0.254 e. The van der Waals surface area contributed by atoms with Crippen LogP contribution >= 0.6 is 34.7 Å². The quantitative estimate of drug-likeness (QED) is 0.613. The maximum atomic E-state index is 5.97. The summed E-state index contributed by atoms with van der Waals surface area (Å²) in [6, 6.07) is 15.2. The zero-order valence-corrected chi connectivity index (χ0v) is 13.0. The van der Waals surface area contributed by atoms with Crippen LogP contribution in [0.15, 0.2) is 53.5 Å². The van der Waals surface area contributed by atoms with E-state index in [1.54, 1.807) is 24.4 Å². The molecule has 0 saturated carbocycles. The molecule has 21 heavy (non-hydrogen) atoms. The molecule has 6 heteroatoms. The topological polar surface area (TPSA) is 38.1 Å². The molecule has 3 aromatic rings. The minimum Gasteiger partial charge on any atom is -0.254 e. The molecule has 2 aromatic carbocycles. The van der Waals surface area contributed by atoms with Gasteiger partial charge in [0.15, 0.2) is 0 Å². The Morgan fingerprint density at radius 3 is 2.57 bits per heavy atom. The molecule has 0 aliphatic rings. The average molecular weight is 334 g/mol. The minimum absolute atomic E-state index is 0.478. The van der Waals surface area contributed by atoms with Gasteiger partial charge in [0.1, 0.15) is 5.69 Å². The minimum atomic E-state index is 0.478. The van der Waals surface area contributed by atoms with E-state index in [2.05, 4.69) is 14.6 Å². The second-order valence-corrected chi connectivity index (χ2v) is 5.78. The van der Waals surface area contributed by atoms with Crippen molar-refractivity contribution >= 4 is 46.6 Å². The van der Waals surface area contributed by atoms with Gasteiger partial charge in [-0.25, -0.2) is 0 Å². The SMILES string of the molecule is Clc1ccc(N=Cc2nnsc2-c2ccccc2)cc1Cl. The fraction of sp³-hybridized carbons (Fsp3) is 0. The number of hydrogen-bond donors (Lipinski definition) is 0. The Morgan fingerprint density at radius 2 is 1.81 bits per heavy atom. The third-order valence-electron chi connectivity index (χ3n) is 2.79. The maximum absolute atomic E-state index is 5.97. The van der Waals surface area contributed by atoms with Gasteiger partial charge < -0.3 is 0 Å². The highest BCUT2D eigenvalue weighted by atomic mass is 35.5. The summed E-state index contributed by atoms with van der Waals surface area (Å²) in [5.74, 6) is 0. The fourth-order valence-electron chi connectivity index (χ4n) is 1.77. The van der Waals surface area contributed by atoms with E-state index >= 15 is 0 Å². The zero-order valence-electron chi connectivity index (χ0n) is 10.7. The van der Waals surface area contributed by atoms with E-state index in [4.69, 9.17) is 23.2 Å². The Balaban J connectivity index is 1.90. The summed E-state index contributed by atoms with van der Waals surface area (Å²) in [6.45, 7) is 0. The molecular formula is C15H9Cl2N3S. The van der Waals surface area contributed by atoms with E-state index < -0.39 is 0 Å². The molecule has 3 nitrogen and oxygen atoms in total. The summed E-state index contributed by atoms with van der Waals surface area (Å²) < 4.78 is 4.00. The van der Waals surface area contributed by atoms with E-state index in [1.807, 2.05) is 30.3 Å². The summed E-state index contributed by atoms with van der Waals surface area (Å²) in [6.07, 6.45) is 1.69. The van der Waals surface area contributed by atoms with Crippen LogP contribution in [0.1, 0.15) is 5.69 Å². The highest BCUT2D eigenvalue weighted by Gasteiger charge is 2.07. The maximum Gasteiger partial charge on any atom is 0.124 e. The summed E-state index contributed by atoms with van der Waals surface area (Å²) in [5.41, 5.74) is 2.52. The number of hydrogen-bond acceptors (Lipinski definition) is 4. The van der Waals surface area contributed by atoms with Gasteiger partial charge in [-0.3, -0.25) is 4.99 Å². The smallest absolute Gasteiger partial charge is 0.124 e. The Morgan fingerprint density at radius 1 is 1.00 bits per heavy atom. The first-order valence-corrected chi connectivity index (χ1v) is 7.64. The molecule has 1 heterocycles. The van der Waals surface area contributed by atoms with Crippen molar-refractivity contribution in [1.82, 2.24) is 9.59 Å². The summed E-state index contributed by atoms with van der Waals surface area (Å²) in [7, 11) is 0. The Bertz CT molecular complexity index is 785. The van der Waals surface area contributed by atoms with Gasteiger partial charge in [0.25, 0.3) is 0 Å². The Kier molecular flexibility index (Phi) is 4.29. The average Bonchev–Trinajstić information content (AvgIpc) is 2.98. The molecule has 104 valence electrons. The van der Waals surface area contributed by atoms with Gasteiger partial charge in [-0.15, -0.1) is 5.10 Å². The number of halogens is 2. The molecular weight excluding hydrogens is 325 g/mol. The first-order valence-electron chi connectivity index (χ1n) is 6.11. The van der Waals surface area contributed by atoms with Gasteiger partial charge in [0.05, 0.1) is 26.8 Å². The van der Waals surface area contributed by atoms with Crippen LogP contribution in [-0.2, 0) is 0 Å². The lowest BCUT2D eigenvalue weighted by molar-refractivity contribution is 1.14. The van der Waals surface area contributed by atoms with E-state index in [1.165, 1.54) is 11.5 Å².